The molecule has 1 aromatic carbocycles. The molecule has 106 valence electrons. The molecular weight excluding hydrogens is 256 g/mol. The molecule has 0 radical (unpaired) electrons. The van der Waals surface area contributed by atoms with Crippen molar-refractivity contribution in [1.82, 2.24) is 0 Å². The molecular formula is C16H18O4. The molecule has 20 heavy (non-hydrogen) atoms. The van der Waals surface area contributed by atoms with Gasteiger partial charge in [-0.25, -0.2) is 0 Å². The number of carbonyl (C=O) groups is 2. The van der Waals surface area contributed by atoms with Gasteiger partial charge < -0.3 is 9.47 Å². The van der Waals surface area contributed by atoms with E-state index >= 15 is 0 Å². The fourth-order valence-corrected chi connectivity index (χ4v) is 2.03. The van der Waals surface area contributed by atoms with Crippen LogP contribution in [0.1, 0.15) is 24.8 Å². The van der Waals surface area contributed by atoms with Crippen LogP contribution in [0.2, 0.25) is 0 Å². The molecule has 1 saturated heterocycles. The Balaban J connectivity index is 2.00. The molecule has 1 aliphatic heterocycles. The maximum atomic E-state index is 11.9. The first kappa shape index (κ1) is 14.3. The number of ether oxygens (including phenoxy) is 2. The van der Waals surface area contributed by atoms with Gasteiger partial charge in [-0.15, -0.1) is 0 Å². The van der Waals surface area contributed by atoms with Gasteiger partial charge in [-0.2, -0.15) is 0 Å². The van der Waals surface area contributed by atoms with E-state index in [1.165, 1.54) is 0 Å². The smallest absolute Gasteiger partial charge is 0.312 e. The average Bonchev–Trinajstić information content (AvgIpc) is 2.47. The minimum Gasteiger partial charge on any atom is -0.462 e. The van der Waals surface area contributed by atoms with Gasteiger partial charge in [0.2, 0.25) is 0 Å². The van der Waals surface area contributed by atoms with E-state index in [2.05, 4.69) is 0 Å². The second-order valence-electron chi connectivity index (χ2n) is 4.66. The maximum absolute atomic E-state index is 11.9. The molecule has 2 rings (SSSR count). The van der Waals surface area contributed by atoms with E-state index in [-0.39, 0.29) is 31.1 Å². The molecule has 1 fully saturated rings. The second-order valence-corrected chi connectivity index (χ2v) is 4.66. The minimum absolute atomic E-state index is 0.125. The van der Waals surface area contributed by atoms with Crippen LogP contribution in [-0.2, 0) is 19.1 Å². The summed E-state index contributed by atoms with van der Waals surface area (Å²) in [5.41, 5.74) is 1.04. The van der Waals surface area contributed by atoms with E-state index in [1.54, 1.807) is 0 Å². The Morgan fingerprint density at radius 1 is 1.05 bits per heavy atom. The Morgan fingerprint density at radius 2 is 1.80 bits per heavy atom. The van der Waals surface area contributed by atoms with E-state index < -0.39 is 0 Å². The highest BCUT2D eigenvalue weighted by Gasteiger charge is 2.19. The summed E-state index contributed by atoms with van der Waals surface area (Å²) in [6.07, 6.45) is 5.33. The van der Waals surface area contributed by atoms with E-state index in [4.69, 9.17) is 9.47 Å². The van der Waals surface area contributed by atoms with Crippen LogP contribution in [-0.4, -0.2) is 25.2 Å². The van der Waals surface area contributed by atoms with Gasteiger partial charge in [-0.3, -0.25) is 9.59 Å². The number of carbonyl (C=O) groups excluding carboxylic acids is 2. The molecule has 4 heteroatoms. The van der Waals surface area contributed by atoms with E-state index in [9.17, 15) is 9.59 Å². The Morgan fingerprint density at radius 3 is 2.60 bits per heavy atom. The van der Waals surface area contributed by atoms with Crippen LogP contribution in [0.3, 0.4) is 0 Å². The van der Waals surface area contributed by atoms with Crippen LogP contribution < -0.4 is 0 Å². The number of benzene rings is 1. The normalized spacial score (nSPS) is 21.3. The third-order valence-electron chi connectivity index (χ3n) is 3.11. The minimum atomic E-state index is -0.305. The van der Waals surface area contributed by atoms with Crippen molar-refractivity contribution in [1.29, 1.82) is 0 Å². The number of hydrogen-bond acceptors (Lipinski definition) is 4. The highest BCUT2D eigenvalue weighted by atomic mass is 16.6. The van der Waals surface area contributed by atoms with Crippen molar-refractivity contribution < 1.29 is 19.1 Å². The van der Waals surface area contributed by atoms with Gasteiger partial charge in [0, 0.05) is 6.42 Å². The lowest BCUT2D eigenvalue weighted by atomic mass is 10.00. The summed E-state index contributed by atoms with van der Waals surface area (Å²) < 4.78 is 10.00. The predicted molar refractivity (Wildman–Crippen MR) is 74.7 cm³/mol. The average molecular weight is 274 g/mol. The van der Waals surface area contributed by atoms with Crippen LogP contribution in [0.5, 0.6) is 0 Å². The van der Waals surface area contributed by atoms with Gasteiger partial charge in [0.15, 0.2) is 0 Å². The molecule has 0 aliphatic carbocycles. The molecule has 1 atom stereocenters. The van der Waals surface area contributed by atoms with Gasteiger partial charge in [-0.1, -0.05) is 42.5 Å². The third-order valence-corrected chi connectivity index (χ3v) is 3.11. The molecule has 0 spiro atoms. The Hall–Kier alpha value is -2.10. The number of hydrogen-bond donors (Lipinski definition) is 0. The Labute approximate surface area is 118 Å². The number of rotatable bonds is 2. The summed E-state index contributed by atoms with van der Waals surface area (Å²) in [5, 5.41) is 0. The Kier molecular flexibility index (Phi) is 5.35. The van der Waals surface area contributed by atoms with Crippen molar-refractivity contribution in [2.75, 3.05) is 13.2 Å². The van der Waals surface area contributed by atoms with E-state index in [0.717, 1.165) is 5.56 Å². The summed E-state index contributed by atoms with van der Waals surface area (Å²) in [6, 6.07) is 9.78. The third kappa shape index (κ3) is 4.53. The molecule has 1 heterocycles. The van der Waals surface area contributed by atoms with E-state index in [1.807, 2.05) is 42.5 Å². The largest absolute Gasteiger partial charge is 0.462 e. The number of cyclic esters (lactones) is 2. The molecule has 0 aromatic heterocycles. The fourth-order valence-electron chi connectivity index (χ4n) is 2.03. The molecule has 4 nitrogen and oxygen atoms in total. The zero-order valence-corrected chi connectivity index (χ0v) is 11.3. The summed E-state index contributed by atoms with van der Waals surface area (Å²) in [4.78, 5) is 23.2. The SMILES string of the molecule is O=C1CCCC(C=Cc2ccccc2)C(=O)OCCO1. The first-order valence-electron chi connectivity index (χ1n) is 6.81. The topological polar surface area (TPSA) is 52.6 Å². The maximum Gasteiger partial charge on any atom is 0.312 e. The molecule has 1 aromatic rings. The van der Waals surface area contributed by atoms with Crippen molar-refractivity contribution >= 4 is 18.0 Å². The lowest BCUT2D eigenvalue weighted by Gasteiger charge is -2.15. The quantitative estimate of drug-likeness (QED) is 0.778. The second kappa shape index (κ2) is 7.48. The van der Waals surface area contributed by atoms with Gasteiger partial charge >= 0.3 is 11.9 Å². The van der Waals surface area contributed by atoms with Crippen LogP contribution in [0.25, 0.3) is 6.08 Å². The van der Waals surface area contributed by atoms with Crippen LogP contribution in [0.15, 0.2) is 36.4 Å². The van der Waals surface area contributed by atoms with Crippen molar-refractivity contribution in [3.8, 4) is 0 Å². The lowest BCUT2D eigenvalue weighted by molar-refractivity contribution is -0.155. The molecule has 0 saturated carbocycles. The summed E-state index contributed by atoms with van der Waals surface area (Å²) in [5.74, 6) is -0.787. The fraction of sp³-hybridized carbons (Fsp3) is 0.375. The molecule has 1 unspecified atom stereocenters. The van der Waals surface area contributed by atoms with Gasteiger partial charge in [0.1, 0.15) is 13.2 Å². The molecule has 0 amide bonds. The highest BCUT2D eigenvalue weighted by molar-refractivity contribution is 5.76. The zero-order chi connectivity index (χ0) is 14.2. The van der Waals surface area contributed by atoms with Gasteiger partial charge in [-0.05, 0) is 18.4 Å². The predicted octanol–water partition coefficient (Wildman–Crippen LogP) is 2.59. The molecule has 1 aliphatic rings. The van der Waals surface area contributed by atoms with Crippen molar-refractivity contribution in [3.63, 3.8) is 0 Å². The molecule has 0 N–H and O–H groups in total. The van der Waals surface area contributed by atoms with Crippen LogP contribution in [0.4, 0.5) is 0 Å². The summed E-state index contributed by atoms with van der Waals surface area (Å²) in [7, 11) is 0. The summed E-state index contributed by atoms with van der Waals surface area (Å²) in [6.45, 7) is 0.264. The van der Waals surface area contributed by atoms with Crippen molar-refractivity contribution in [2.45, 2.75) is 19.3 Å². The number of esters is 2. The van der Waals surface area contributed by atoms with Crippen molar-refractivity contribution in [2.24, 2.45) is 5.92 Å². The standard InChI is InChI=1S/C16H18O4/c17-15-8-4-7-14(16(18)20-12-11-19-15)10-9-13-5-2-1-3-6-13/h1-3,5-6,9-10,14H,4,7-8,11-12H2. The van der Waals surface area contributed by atoms with E-state index in [0.29, 0.717) is 19.3 Å². The first-order chi connectivity index (χ1) is 9.75. The Bertz CT molecular complexity index is 479. The molecule has 0 bridgehead atoms. The highest BCUT2D eigenvalue weighted by Crippen LogP contribution is 2.16. The van der Waals surface area contributed by atoms with Crippen molar-refractivity contribution in [3.05, 3.63) is 42.0 Å². The van der Waals surface area contributed by atoms with Gasteiger partial charge in [0.25, 0.3) is 0 Å². The van der Waals surface area contributed by atoms with Crippen LogP contribution in [0, 0.1) is 5.92 Å². The zero-order valence-electron chi connectivity index (χ0n) is 11.3. The lowest BCUT2D eigenvalue weighted by Crippen LogP contribution is -2.21. The summed E-state index contributed by atoms with van der Waals surface area (Å²) >= 11 is 0. The first-order valence-corrected chi connectivity index (χ1v) is 6.81. The van der Waals surface area contributed by atoms with Gasteiger partial charge in [0.05, 0.1) is 5.92 Å². The monoisotopic (exact) mass is 274 g/mol. The van der Waals surface area contributed by atoms with Crippen LogP contribution >= 0.6 is 0 Å².